The van der Waals surface area contributed by atoms with Crippen LogP contribution in [0.1, 0.15) is 79.1 Å². The molecule has 1 aromatic carbocycles. The van der Waals surface area contributed by atoms with Crippen LogP contribution in [0.5, 0.6) is 0 Å². The molecule has 0 bridgehead atoms. The Morgan fingerprint density at radius 2 is 1.26 bits per heavy atom. The van der Waals surface area contributed by atoms with Gasteiger partial charge in [-0.25, -0.2) is 4.79 Å². The molecule has 1 saturated carbocycles. The van der Waals surface area contributed by atoms with Gasteiger partial charge in [0.1, 0.15) is 12.2 Å². The molecule has 0 unspecified atom stereocenters. The molecular formula is C37H46O13. The number of fused-ring (bicyclic) bond motifs is 1. The third-order valence-corrected chi connectivity index (χ3v) is 8.87. The summed E-state index contributed by atoms with van der Waals surface area (Å²) in [6, 6.07) is 7.82. The minimum Gasteiger partial charge on any atom is -0.462 e. The maximum absolute atomic E-state index is 14.7. The van der Waals surface area contributed by atoms with Crippen molar-refractivity contribution in [2.45, 2.75) is 105 Å². The molecule has 0 radical (unpaired) electrons. The van der Waals surface area contributed by atoms with E-state index in [-0.39, 0.29) is 17.6 Å². The highest BCUT2D eigenvalue weighted by Crippen LogP contribution is 2.51. The van der Waals surface area contributed by atoms with Crippen LogP contribution >= 0.6 is 0 Å². The fraction of sp³-hybridized carbons (Fsp3) is 0.541. The lowest BCUT2D eigenvalue weighted by Gasteiger charge is -2.44. The van der Waals surface area contributed by atoms with Crippen molar-refractivity contribution in [1.29, 1.82) is 0 Å². The Morgan fingerprint density at radius 1 is 0.720 bits per heavy atom. The predicted molar refractivity (Wildman–Crippen MR) is 176 cm³/mol. The van der Waals surface area contributed by atoms with Crippen molar-refractivity contribution in [1.82, 2.24) is 0 Å². The van der Waals surface area contributed by atoms with Gasteiger partial charge in [0.2, 0.25) is 0 Å². The molecule has 0 saturated heterocycles. The molecule has 2 aliphatic rings. The van der Waals surface area contributed by atoms with Crippen LogP contribution in [0, 0.1) is 23.2 Å². The van der Waals surface area contributed by atoms with E-state index in [2.05, 4.69) is 6.58 Å². The minimum absolute atomic E-state index is 0.0849. The molecule has 0 aliphatic heterocycles. The highest BCUT2D eigenvalue weighted by atomic mass is 16.6. The maximum atomic E-state index is 14.7. The van der Waals surface area contributed by atoms with E-state index in [9.17, 15) is 33.6 Å². The van der Waals surface area contributed by atoms with E-state index in [1.165, 1.54) is 18.2 Å². The molecule has 50 heavy (non-hydrogen) atoms. The van der Waals surface area contributed by atoms with Gasteiger partial charge >= 0.3 is 35.8 Å². The fourth-order valence-corrected chi connectivity index (χ4v) is 6.92. The number of allylic oxidation sites excluding steroid dienone is 1. The van der Waals surface area contributed by atoms with Crippen LogP contribution in [0.15, 0.2) is 54.6 Å². The SMILES string of the molecule is C=C1[C@H](OC(C)=O)[C@@H](OC(C)=O)[C@@H](OC(C)=O)C(C)(C)/C=C/[C@H](C)C(=O)[C@@]2(OC(C)=O)C[C@H](C)[C@H](OC(C)=O)[C@@H]2[C@H]1OC(=O)c1ccccc1. The third kappa shape index (κ3) is 8.85. The number of carbonyl (C=O) groups excluding carboxylic acids is 7. The van der Waals surface area contributed by atoms with E-state index in [1.807, 2.05) is 0 Å². The van der Waals surface area contributed by atoms with Crippen molar-refractivity contribution in [2.24, 2.45) is 23.2 Å². The average Bonchev–Trinajstić information content (AvgIpc) is 3.27. The van der Waals surface area contributed by atoms with Gasteiger partial charge in [0.25, 0.3) is 0 Å². The molecule has 0 aromatic heterocycles. The van der Waals surface area contributed by atoms with Crippen molar-refractivity contribution in [3.8, 4) is 0 Å². The molecule has 0 amide bonds. The monoisotopic (exact) mass is 698 g/mol. The van der Waals surface area contributed by atoms with Gasteiger partial charge in [-0.1, -0.05) is 64.6 Å². The zero-order valence-electron chi connectivity index (χ0n) is 29.9. The average molecular weight is 699 g/mol. The van der Waals surface area contributed by atoms with Crippen molar-refractivity contribution < 1.29 is 62.0 Å². The largest absolute Gasteiger partial charge is 0.462 e. The Labute approximate surface area is 291 Å². The maximum Gasteiger partial charge on any atom is 0.338 e. The van der Waals surface area contributed by atoms with E-state index < -0.39 is 101 Å². The summed E-state index contributed by atoms with van der Waals surface area (Å²) in [6.07, 6.45) is -4.62. The molecule has 1 fully saturated rings. The van der Waals surface area contributed by atoms with E-state index in [1.54, 1.807) is 52.0 Å². The van der Waals surface area contributed by atoms with Gasteiger partial charge in [-0.3, -0.25) is 28.8 Å². The summed E-state index contributed by atoms with van der Waals surface area (Å²) in [5, 5.41) is 0. The Bertz CT molecular complexity index is 1540. The summed E-state index contributed by atoms with van der Waals surface area (Å²) >= 11 is 0. The van der Waals surface area contributed by atoms with Gasteiger partial charge in [-0.2, -0.15) is 0 Å². The molecule has 2 aliphatic carbocycles. The summed E-state index contributed by atoms with van der Waals surface area (Å²) in [4.78, 5) is 92.0. The zero-order chi connectivity index (χ0) is 37.7. The van der Waals surface area contributed by atoms with Crippen LogP contribution in [-0.2, 0) is 57.2 Å². The van der Waals surface area contributed by atoms with Gasteiger partial charge in [0, 0.05) is 57.9 Å². The number of ketones is 1. The Morgan fingerprint density at radius 3 is 1.78 bits per heavy atom. The number of carbonyl (C=O) groups is 7. The second kappa shape index (κ2) is 15.8. The molecular weight excluding hydrogens is 652 g/mol. The van der Waals surface area contributed by atoms with Gasteiger partial charge in [-0.15, -0.1) is 0 Å². The number of rotatable bonds is 7. The number of Topliss-reactive ketones (excluding diaryl/α,β-unsaturated/α-hetero) is 1. The van der Waals surface area contributed by atoms with Crippen LogP contribution in [0.4, 0.5) is 0 Å². The number of benzene rings is 1. The highest BCUT2D eigenvalue weighted by Gasteiger charge is 2.66. The van der Waals surface area contributed by atoms with Gasteiger partial charge in [0.05, 0.1) is 11.5 Å². The van der Waals surface area contributed by atoms with E-state index >= 15 is 0 Å². The molecule has 1 aromatic rings. The van der Waals surface area contributed by atoms with Crippen LogP contribution in [0.3, 0.4) is 0 Å². The van der Waals surface area contributed by atoms with Crippen molar-refractivity contribution >= 4 is 41.6 Å². The molecule has 0 N–H and O–H groups in total. The molecule has 272 valence electrons. The Balaban J connectivity index is 2.52. The lowest BCUT2D eigenvalue weighted by molar-refractivity contribution is -0.191. The molecule has 3 rings (SSSR count). The number of hydrogen-bond acceptors (Lipinski definition) is 13. The number of ether oxygens (including phenoxy) is 6. The Hall–Kier alpha value is -4.81. The van der Waals surface area contributed by atoms with Crippen LogP contribution in [0.25, 0.3) is 0 Å². The topological polar surface area (TPSA) is 175 Å². The standard InChI is InChI=1S/C37H46O13/c1-19-16-17-36(9,10)34(48-25(7)41)32(47-24(6)40)31(46-23(5)39)21(3)30(49-35(44)27-14-12-11-13-15-27)28-29(45-22(4)38)20(2)18-37(28,33(19)43)50-26(8)42/h11-17,19-20,28-32,34H,3,18H2,1-2,4-10H3/b17-16+/t19-,20-,28+,29-,30-,31-,32+,34+,37+/m0/s1. The van der Waals surface area contributed by atoms with Crippen molar-refractivity contribution in [3.05, 3.63) is 60.2 Å². The van der Waals surface area contributed by atoms with Gasteiger partial charge in [0.15, 0.2) is 29.7 Å². The van der Waals surface area contributed by atoms with Crippen LogP contribution < -0.4 is 0 Å². The first kappa shape index (κ1) is 39.6. The summed E-state index contributed by atoms with van der Waals surface area (Å²) in [5.41, 5.74) is -3.44. The summed E-state index contributed by atoms with van der Waals surface area (Å²) < 4.78 is 35.2. The summed E-state index contributed by atoms with van der Waals surface area (Å²) in [7, 11) is 0. The molecule has 13 nitrogen and oxygen atoms in total. The molecule has 0 spiro atoms. The first-order valence-corrected chi connectivity index (χ1v) is 16.3. The third-order valence-electron chi connectivity index (χ3n) is 8.87. The van der Waals surface area contributed by atoms with Gasteiger partial charge < -0.3 is 28.4 Å². The number of hydrogen-bond donors (Lipinski definition) is 0. The quantitative estimate of drug-likeness (QED) is 0.225. The second-order valence-corrected chi connectivity index (χ2v) is 13.5. The van der Waals surface area contributed by atoms with Crippen molar-refractivity contribution in [3.63, 3.8) is 0 Å². The van der Waals surface area contributed by atoms with Crippen LogP contribution in [0.2, 0.25) is 0 Å². The predicted octanol–water partition coefficient (Wildman–Crippen LogP) is 4.25. The normalized spacial score (nSPS) is 31.4. The summed E-state index contributed by atoms with van der Waals surface area (Å²) in [5.74, 6) is -8.67. The number of esters is 6. The lowest BCUT2D eigenvalue weighted by atomic mass is 9.72. The van der Waals surface area contributed by atoms with E-state index in [0.717, 1.165) is 34.6 Å². The smallest absolute Gasteiger partial charge is 0.338 e. The second-order valence-electron chi connectivity index (χ2n) is 13.5. The molecule has 0 heterocycles. The molecule has 13 heteroatoms. The summed E-state index contributed by atoms with van der Waals surface area (Å²) in [6.45, 7) is 16.3. The first-order valence-electron chi connectivity index (χ1n) is 16.3. The van der Waals surface area contributed by atoms with Crippen LogP contribution in [-0.4, -0.2) is 77.7 Å². The fourth-order valence-electron chi connectivity index (χ4n) is 6.92. The first-order chi connectivity index (χ1) is 23.2. The lowest BCUT2D eigenvalue weighted by Crippen LogP contribution is -2.59. The Kier molecular flexibility index (Phi) is 12.5. The van der Waals surface area contributed by atoms with E-state index in [0.29, 0.717) is 0 Å². The zero-order valence-corrected chi connectivity index (χ0v) is 29.9. The molecule has 9 atom stereocenters. The highest BCUT2D eigenvalue weighted by molar-refractivity contribution is 5.94. The van der Waals surface area contributed by atoms with Gasteiger partial charge in [-0.05, 0) is 18.1 Å². The minimum atomic E-state index is -2.07. The van der Waals surface area contributed by atoms with E-state index in [4.69, 9.17) is 28.4 Å². The van der Waals surface area contributed by atoms with Crippen molar-refractivity contribution in [2.75, 3.05) is 0 Å².